The quantitative estimate of drug-likeness (QED) is 0.619. The van der Waals surface area contributed by atoms with Gasteiger partial charge in [0.25, 0.3) is 0 Å². The highest BCUT2D eigenvalue weighted by Gasteiger charge is 2.27. The predicted molar refractivity (Wildman–Crippen MR) is 91.4 cm³/mol. The maximum Gasteiger partial charge on any atom is 0.133 e. The molecule has 2 aromatic carbocycles. The Labute approximate surface area is 139 Å². The number of benzene rings is 2. The lowest BCUT2D eigenvalue weighted by molar-refractivity contribution is 0.412. The Kier molecular flexibility index (Phi) is 4.56. The largest absolute Gasteiger partial charge is 0.496 e. The Morgan fingerprint density at radius 3 is 2.81 bits per heavy atom. The van der Waals surface area contributed by atoms with Gasteiger partial charge in [-0.25, -0.2) is 0 Å². The smallest absolute Gasteiger partial charge is 0.133 e. The molecule has 2 aromatic rings. The molecule has 0 saturated carbocycles. The summed E-state index contributed by atoms with van der Waals surface area (Å²) in [6.07, 6.45) is 3.53. The minimum Gasteiger partial charge on any atom is -0.496 e. The number of rotatable bonds is 3. The summed E-state index contributed by atoms with van der Waals surface area (Å²) in [5.41, 5.74) is 4.01. The lowest BCUT2D eigenvalue weighted by Gasteiger charge is -2.29. The first-order chi connectivity index (χ1) is 10.2. The van der Waals surface area contributed by atoms with Crippen LogP contribution in [-0.2, 0) is 6.42 Å². The highest BCUT2D eigenvalue weighted by Crippen LogP contribution is 2.44. The highest BCUT2D eigenvalue weighted by atomic mass is 79.9. The molecule has 0 saturated heterocycles. The van der Waals surface area contributed by atoms with E-state index in [4.69, 9.17) is 16.3 Å². The van der Waals surface area contributed by atoms with Crippen molar-refractivity contribution < 1.29 is 4.74 Å². The van der Waals surface area contributed by atoms with Crippen LogP contribution in [-0.4, -0.2) is 7.11 Å². The van der Waals surface area contributed by atoms with Gasteiger partial charge in [0.15, 0.2) is 0 Å². The van der Waals surface area contributed by atoms with E-state index >= 15 is 0 Å². The van der Waals surface area contributed by atoms with Crippen LogP contribution in [0.5, 0.6) is 5.75 Å². The third-order valence-electron chi connectivity index (χ3n) is 4.26. The van der Waals surface area contributed by atoms with Gasteiger partial charge in [0, 0.05) is 5.92 Å². The van der Waals surface area contributed by atoms with Crippen molar-refractivity contribution in [3.05, 3.63) is 63.6 Å². The Morgan fingerprint density at radius 2 is 2.05 bits per heavy atom. The Morgan fingerprint density at radius 1 is 1.24 bits per heavy atom. The molecule has 0 N–H and O–H groups in total. The van der Waals surface area contributed by atoms with E-state index in [2.05, 4.69) is 52.3 Å². The molecule has 2 unspecified atom stereocenters. The molecule has 0 radical (unpaired) electrons. The van der Waals surface area contributed by atoms with Gasteiger partial charge in [-0.15, -0.1) is 11.6 Å². The number of fused-ring (bicyclic) bond motifs is 1. The zero-order valence-corrected chi connectivity index (χ0v) is 14.3. The van der Waals surface area contributed by atoms with Crippen molar-refractivity contribution in [2.45, 2.75) is 30.6 Å². The van der Waals surface area contributed by atoms with E-state index in [1.807, 2.05) is 6.07 Å². The Hall–Kier alpha value is -0.990. The van der Waals surface area contributed by atoms with Crippen molar-refractivity contribution >= 4 is 27.5 Å². The number of ether oxygens (including phenoxy) is 1. The van der Waals surface area contributed by atoms with Crippen LogP contribution in [0, 0.1) is 0 Å². The second-order valence-corrected chi connectivity index (χ2v) is 6.82. The van der Waals surface area contributed by atoms with Gasteiger partial charge in [-0.3, -0.25) is 0 Å². The maximum atomic E-state index is 6.82. The molecule has 3 heteroatoms. The topological polar surface area (TPSA) is 9.23 Å². The molecule has 0 fully saturated rings. The van der Waals surface area contributed by atoms with Crippen molar-refractivity contribution in [3.63, 3.8) is 0 Å². The van der Waals surface area contributed by atoms with E-state index in [9.17, 15) is 0 Å². The molecule has 21 heavy (non-hydrogen) atoms. The van der Waals surface area contributed by atoms with Crippen molar-refractivity contribution in [2.24, 2.45) is 0 Å². The second-order valence-electron chi connectivity index (χ2n) is 5.49. The molecule has 0 spiro atoms. The van der Waals surface area contributed by atoms with E-state index in [1.54, 1.807) is 7.11 Å². The van der Waals surface area contributed by atoms with E-state index in [-0.39, 0.29) is 5.38 Å². The third-order valence-corrected chi connectivity index (χ3v) is 5.44. The van der Waals surface area contributed by atoms with Gasteiger partial charge in [-0.1, -0.05) is 30.3 Å². The van der Waals surface area contributed by atoms with E-state index in [0.717, 1.165) is 22.2 Å². The number of hydrogen-bond acceptors (Lipinski definition) is 1. The summed E-state index contributed by atoms with van der Waals surface area (Å²) in [4.78, 5) is 0. The van der Waals surface area contributed by atoms with Crippen LogP contribution in [0.4, 0.5) is 0 Å². The third kappa shape index (κ3) is 2.97. The van der Waals surface area contributed by atoms with Crippen LogP contribution in [0.15, 0.2) is 46.9 Å². The Bertz CT molecular complexity index is 641. The number of alkyl halides is 1. The fourth-order valence-corrected chi connectivity index (χ4v) is 4.14. The molecule has 0 aromatic heterocycles. The van der Waals surface area contributed by atoms with Crippen LogP contribution in [0.3, 0.4) is 0 Å². The van der Waals surface area contributed by atoms with Crippen molar-refractivity contribution in [2.75, 3.05) is 7.11 Å². The maximum absolute atomic E-state index is 6.82. The Balaban J connectivity index is 1.92. The summed E-state index contributed by atoms with van der Waals surface area (Å²) < 4.78 is 6.25. The van der Waals surface area contributed by atoms with Crippen LogP contribution in [0.2, 0.25) is 0 Å². The highest BCUT2D eigenvalue weighted by molar-refractivity contribution is 9.10. The zero-order chi connectivity index (χ0) is 14.8. The van der Waals surface area contributed by atoms with Crippen LogP contribution in [0.25, 0.3) is 0 Å². The summed E-state index contributed by atoms with van der Waals surface area (Å²) in [6, 6.07) is 14.8. The van der Waals surface area contributed by atoms with Gasteiger partial charge in [0.05, 0.1) is 17.0 Å². The first kappa shape index (κ1) is 14.9. The summed E-state index contributed by atoms with van der Waals surface area (Å²) in [7, 11) is 1.68. The molecule has 2 atom stereocenters. The summed E-state index contributed by atoms with van der Waals surface area (Å²) >= 11 is 10.4. The minimum atomic E-state index is -0.00587. The summed E-state index contributed by atoms with van der Waals surface area (Å²) in [6.45, 7) is 0. The number of aryl methyl sites for hydroxylation is 1. The first-order valence-electron chi connectivity index (χ1n) is 7.26. The molecular weight excluding hydrogens is 348 g/mol. The van der Waals surface area contributed by atoms with Gasteiger partial charge >= 0.3 is 0 Å². The predicted octanol–water partition coefficient (Wildman–Crippen LogP) is 5.86. The monoisotopic (exact) mass is 364 g/mol. The molecule has 0 aliphatic heterocycles. The van der Waals surface area contributed by atoms with Gasteiger partial charge in [-0.05, 0) is 64.0 Å². The van der Waals surface area contributed by atoms with Gasteiger partial charge in [-0.2, -0.15) is 0 Å². The van der Waals surface area contributed by atoms with Crippen molar-refractivity contribution in [3.8, 4) is 5.75 Å². The second kappa shape index (κ2) is 6.41. The van der Waals surface area contributed by atoms with Gasteiger partial charge in [0.1, 0.15) is 5.75 Å². The van der Waals surface area contributed by atoms with E-state index in [1.165, 1.54) is 24.0 Å². The lowest BCUT2D eigenvalue weighted by atomic mass is 9.79. The molecule has 1 aliphatic carbocycles. The molecule has 0 amide bonds. The average Bonchev–Trinajstić information content (AvgIpc) is 2.53. The fourth-order valence-electron chi connectivity index (χ4n) is 3.18. The lowest BCUT2D eigenvalue weighted by Crippen LogP contribution is -2.14. The fraction of sp³-hybridized carbons (Fsp3) is 0.333. The van der Waals surface area contributed by atoms with Crippen LogP contribution >= 0.6 is 27.5 Å². The average molecular weight is 366 g/mol. The number of halogens is 2. The van der Waals surface area contributed by atoms with Crippen LogP contribution < -0.4 is 4.74 Å². The molecule has 3 rings (SSSR count). The standard InChI is InChI=1S/C18H18BrClO/c1-21-17-10-9-13(11-16(17)19)18(20)15-8-4-6-12-5-2-3-7-14(12)15/h2-3,5,7,9-11,15,18H,4,6,8H2,1H3. The first-order valence-corrected chi connectivity index (χ1v) is 8.49. The van der Waals surface area contributed by atoms with Gasteiger partial charge < -0.3 is 4.74 Å². The number of hydrogen-bond donors (Lipinski definition) is 0. The normalized spacial score (nSPS) is 18.9. The van der Waals surface area contributed by atoms with Crippen LogP contribution in [0.1, 0.15) is 40.8 Å². The van der Waals surface area contributed by atoms with Crippen molar-refractivity contribution in [1.82, 2.24) is 0 Å². The van der Waals surface area contributed by atoms with Gasteiger partial charge in [0.2, 0.25) is 0 Å². The molecule has 0 bridgehead atoms. The molecule has 1 aliphatic rings. The summed E-state index contributed by atoms with van der Waals surface area (Å²) in [5, 5.41) is -0.00587. The molecular formula is C18H18BrClO. The SMILES string of the molecule is COc1ccc(C(Cl)C2CCCc3ccccc32)cc1Br. The summed E-state index contributed by atoms with van der Waals surface area (Å²) in [5.74, 6) is 1.23. The van der Waals surface area contributed by atoms with Crippen molar-refractivity contribution in [1.29, 1.82) is 0 Å². The van der Waals surface area contributed by atoms with E-state index < -0.39 is 0 Å². The molecule has 0 heterocycles. The zero-order valence-electron chi connectivity index (χ0n) is 12.0. The number of methoxy groups -OCH3 is 1. The minimum absolute atomic E-state index is 0.00587. The van der Waals surface area contributed by atoms with E-state index in [0.29, 0.717) is 5.92 Å². The molecule has 1 nitrogen and oxygen atoms in total. The molecule has 110 valence electrons.